The lowest BCUT2D eigenvalue weighted by Crippen LogP contribution is -2.11. The minimum atomic E-state index is -1.34. The lowest BCUT2D eigenvalue weighted by molar-refractivity contribution is -0.434. The van der Waals surface area contributed by atoms with Crippen LogP contribution in [0.1, 0.15) is 5.69 Å². The number of nitriles is 1. The summed E-state index contributed by atoms with van der Waals surface area (Å²) in [6, 6.07) is 3.20. The van der Waals surface area contributed by atoms with E-state index in [0.717, 1.165) is 3.95 Å². The van der Waals surface area contributed by atoms with E-state index in [1.165, 1.54) is 6.26 Å². The molecule has 1 rings (SSSR count). The van der Waals surface area contributed by atoms with E-state index in [4.69, 9.17) is 16.9 Å². The zero-order valence-corrected chi connectivity index (χ0v) is 8.92. The first kappa shape index (κ1) is 11.0. The first-order valence-corrected chi connectivity index (χ1v) is 5.51. The van der Waals surface area contributed by atoms with Crippen molar-refractivity contribution in [3.8, 4) is 6.19 Å². The molecule has 5 nitrogen and oxygen atoms in total. The fourth-order valence-electron chi connectivity index (χ4n) is 0.759. The van der Waals surface area contributed by atoms with Crippen molar-refractivity contribution in [3.05, 3.63) is 23.0 Å². The Kier molecular flexibility index (Phi) is 3.95. The van der Waals surface area contributed by atoms with Crippen molar-refractivity contribution in [2.75, 3.05) is 6.26 Å². The fourth-order valence-corrected chi connectivity index (χ4v) is 1.29. The molecule has 14 heavy (non-hydrogen) atoms. The number of hydrogen-bond donors (Lipinski definition) is 0. The Labute approximate surface area is 88.9 Å². The fraction of sp³-hybridized carbons (Fsp3) is 0.286. The molecule has 1 heterocycles. The predicted molar refractivity (Wildman–Crippen MR) is 50.7 cm³/mol. The highest BCUT2D eigenvalue weighted by atomic mass is 35.5. The molecular weight excluding hydrogens is 224 g/mol. The van der Waals surface area contributed by atoms with E-state index in [2.05, 4.69) is 10.2 Å². The Morgan fingerprint density at radius 3 is 2.79 bits per heavy atom. The van der Waals surface area contributed by atoms with E-state index < -0.39 is 11.0 Å². The van der Waals surface area contributed by atoms with Crippen LogP contribution in [0, 0.1) is 11.5 Å². The van der Waals surface area contributed by atoms with E-state index in [1.807, 2.05) is 0 Å². The first-order valence-electron chi connectivity index (χ1n) is 3.62. The van der Waals surface area contributed by atoms with Crippen molar-refractivity contribution < 1.29 is 8.50 Å². The SMILES string of the molecule is CS([O-])=[N+](C#N)Cc1ccc(Cl)nn1. The molecule has 0 aliphatic heterocycles. The van der Waals surface area contributed by atoms with Crippen molar-refractivity contribution in [1.29, 1.82) is 5.26 Å². The van der Waals surface area contributed by atoms with Crippen LogP contribution >= 0.6 is 11.6 Å². The van der Waals surface area contributed by atoms with E-state index in [9.17, 15) is 4.55 Å². The van der Waals surface area contributed by atoms with E-state index in [-0.39, 0.29) is 11.7 Å². The molecule has 0 saturated heterocycles. The van der Waals surface area contributed by atoms with Gasteiger partial charge in [0.05, 0.1) is 0 Å². The second-order valence-electron chi connectivity index (χ2n) is 2.41. The summed E-state index contributed by atoms with van der Waals surface area (Å²) in [5.41, 5.74) is 0.547. The molecule has 0 aliphatic rings. The molecule has 0 amide bonds. The molecule has 1 unspecified atom stereocenters. The summed E-state index contributed by atoms with van der Waals surface area (Å²) in [6.07, 6.45) is 3.22. The Morgan fingerprint density at radius 1 is 1.64 bits per heavy atom. The summed E-state index contributed by atoms with van der Waals surface area (Å²) in [5, 5.41) is 16.3. The minimum Gasteiger partial charge on any atom is -0.772 e. The summed E-state index contributed by atoms with van der Waals surface area (Å²) in [6.45, 7) is 0.170. The highest BCUT2D eigenvalue weighted by Crippen LogP contribution is 2.03. The molecule has 7 heteroatoms. The van der Waals surface area contributed by atoms with Crippen molar-refractivity contribution in [3.63, 3.8) is 0 Å². The molecule has 74 valence electrons. The summed E-state index contributed by atoms with van der Waals surface area (Å²) in [5.74, 6) is 0. The van der Waals surface area contributed by atoms with Gasteiger partial charge in [-0.05, 0) is 18.4 Å². The normalized spacial score (nSPS) is 13.1. The van der Waals surface area contributed by atoms with Gasteiger partial charge in [-0.15, -0.1) is 21.2 Å². The highest BCUT2D eigenvalue weighted by Gasteiger charge is 2.04. The molecular formula is C7H7ClN4OS. The molecule has 0 aromatic carbocycles. The largest absolute Gasteiger partial charge is 0.772 e. The standard InChI is InChI=1S/C7H7ClN4OS/c1-14(13)12(5-9)4-6-2-3-7(8)11-10-6/h2-3H,4H2,1H3. The van der Waals surface area contributed by atoms with Crippen LogP contribution < -0.4 is 0 Å². The number of hydrogen-bond acceptors (Lipinski definition) is 4. The van der Waals surface area contributed by atoms with Gasteiger partial charge in [-0.1, -0.05) is 11.6 Å². The van der Waals surface area contributed by atoms with Gasteiger partial charge in [0, 0.05) is 0 Å². The molecule has 0 bridgehead atoms. The lowest BCUT2D eigenvalue weighted by atomic mass is 10.4. The van der Waals surface area contributed by atoms with Gasteiger partial charge < -0.3 is 4.55 Å². The van der Waals surface area contributed by atoms with Gasteiger partial charge in [-0.25, -0.2) is 0 Å². The van der Waals surface area contributed by atoms with Crippen LogP contribution in [0.2, 0.25) is 5.15 Å². The van der Waals surface area contributed by atoms with Crippen LogP contribution in [-0.2, 0) is 17.5 Å². The average Bonchev–Trinajstić information content (AvgIpc) is 2.16. The minimum absolute atomic E-state index is 0.170. The molecule has 0 radical (unpaired) electrons. The molecule has 0 N–H and O–H groups in total. The van der Waals surface area contributed by atoms with E-state index in [1.54, 1.807) is 18.3 Å². The smallest absolute Gasteiger partial charge is 0.464 e. The molecule has 1 aromatic heterocycles. The highest BCUT2D eigenvalue weighted by molar-refractivity contribution is 7.78. The topological polar surface area (TPSA) is 75.6 Å². The van der Waals surface area contributed by atoms with Gasteiger partial charge >= 0.3 is 6.19 Å². The van der Waals surface area contributed by atoms with Crippen LogP contribution in [0.15, 0.2) is 12.1 Å². The van der Waals surface area contributed by atoms with Crippen molar-refractivity contribution in [2.24, 2.45) is 0 Å². The zero-order valence-electron chi connectivity index (χ0n) is 7.35. The second-order valence-corrected chi connectivity index (χ2v) is 4.08. The quantitative estimate of drug-likeness (QED) is 0.426. The average molecular weight is 231 g/mol. The van der Waals surface area contributed by atoms with Gasteiger partial charge in [0.25, 0.3) is 0 Å². The molecule has 0 fully saturated rings. The molecule has 1 atom stereocenters. The van der Waals surface area contributed by atoms with Gasteiger partial charge in [-0.2, -0.15) is 3.95 Å². The molecule has 1 aromatic rings. The van der Waals surface area contributed by atoms with Gasteiger partial charge in [0.1, 0.15) is 12.2 Å². The molecule has 0 saturated carbocycles. The van der Waals surface area contributed by atoms with Crippen LogP contribution in [0.5, 0.6) is 0 Å². The number of nitrogens with zero attached hydrogens (tertiary/aromatic N) is 4. The van der Waals surface area contributed by atoms with Gasteiger partial charge in [0.15, 0.2) is 10.4 Å². The summed E-state index contributed by atoms with van der Waals surface area (Å²) >= 11 is 5.53. The summed E-state index contributed by atoms with van der Waals surface area (Å²) in [7, 11) is -1.34. The first-order chi connectivity index (χ1) is 6.63. The maximum absolute atomic E-state index is 11.0. The van der Waals surface area contributed by atoms with Gasteiger partial charge in [0.2, 0.25) is 0 Å². The number of halogens is 1. The molecule has 0 spiro atoms. The summed E-state index contributed by atoms with van der Waals surface area (Å²) < 4.78 is 12.1. The Morgan fingerprint density at radius 2 is 2.36 bits per heavy atom. The van der Waals surface area contributed by atoms with Crippen LogP contribution in [0.3, 0.4) is 0 Å². The van der Waals surface area contributed by atoms with Crippen molar-refractivity contribution >= 4 is 22.6 Å². The number of rotatable bonds is 2. The Bertz CT molecular complexity index is 393. The van der Waals surface area contributed by atoms with Crippen LogP contribution in [-0.4, -0.2) is 25.0 Å². The van der Waals surface area contributed by atoms with E-state index in [0.29, 0.717) is 5.69 Å². The maximum Gasteiger partial charge on any atom is 0.464 e. The van der Waals surface area contributed by atoms with Crippen LogP contribution in [0.4, 0.5) is 0 Å². The second kappa shape index (κ2) is 5.00. The summed E-state index contributed by atoms with van der Waals surface area (Å²) in [4.78, 5) is 0. The predicted octanol–water partition coefficient (Wildman–Crippen LogP) is 0.686. The monoisotopic (exact) mass is 230 g/mol. The third kappa shape index (κ3) is 3.03. The van der Waals surface area contributed by atoms with Crippen LogP contribution in [0.25, 0.3) is 0 Å². The van der Waals surface area contributed by atoms with Gasteiger partial charge in [-0.3, -0.25) is 0 Å². The lowest BCUT2D eigenvalue weighted by Gasteiger charge is -2.05. The Balaban J connectivity index is 2.85. The molecule has 0 aliphatic carbocycles. The maximum atomic E-state index is 11.0. The third-order valence-corrected chi connectivity index (χ3v) is 2.45. The van der Waals surface area contributed by atoms with Crippen molar-refractivity contribution in [2.45, 2.75) is 6.54 Å². The van der Waals surface area contributed by atoms with Crippen molar-refractivity contribution in [1.82, 2.24) is 10.2 Å². The Hall–Kier alpha value is -1.03. The zero-order chi connectivity index (χ0) is 10.6. The third-order valence-electron chi connectivity index (χ3n) is 1.41. The number of aromatic nitrogens is 2. The van der Waals surface area contributed by atoms with E-state index >= 15 is 0 Å².